The summed E-state index contributed by atoms with van der Waals surface area (Å²) in [5.74, 6) is 0.962. The summed E-state index contributed by atoms with van der Waals surface area (Å²) in [6, 6.07) is 0. The van der Waals surface area contributed by atoms with E-state index < -0.39 is 0 Å². The van der Waals surface area contributed by atoms with Crippen LogP contribution in [-0.2, 0) is 0 Å². The van der Waals surface area contributed by atoms with Crippen molar-refractivity contribution in [2.75, 3.05) is 13.1 Å². The second-order valence-electron chi connectivity index (χ2n) is 6.04. The van der Waals surface area contributed by atoms with Gasteiger partial charge in [0.05, 0.1) is 0 Å². The molecule has 15 heavy (non-hydrogen) atoms. The zero-order valence-electron chi connectivity index (χ0n) is 10.6. The highest BCUT2D eigenvalue weighted by Crippen LogP contribution is 2.37. The molecule has 1 aliphatic carbocycles. The maximum absolute atomic E-state index is 2.77. The summed E-state index contributed by atoms with van der Waals surface area (Å²) in [5, 5.41) is 0. The second kappa shape index (κ2) is 4.86. The second-order valence-corrected chi connectivity index (χ2v) is 6.04. The Bertz CT molecular complexity index is 166. The molecule has 0 aromatic heterocycles. The molecule has 0 N–H and O–H groups in total. The molecule has 2 rings (SSSR count). The Morgan fingerprint density at radius 1 is 0.800 bits per heavy atom. The van der Waals surface area contributed by atoms with E-state index in [0.717, 1.165) is 5.92 Å². The zero-order valence-corrected chi connectivity index (χ0v) is 10.6. The van der Waals surface area contributed by atoms with Crippen molar-refractivity contribution in [3.05, 3.63) is 0 Å². The monoisotopic (exact) mass is 209 g/mol. The average molecular weight is 209 g/mol. The van der Waals surface area contributed by atoms with Crippen LogP contribution in [0.5, 0.6) is 0 Å². The molecule has 1 nitrogen and oxygen atoms in total. The van der Waals surface area contributed by atoms with Gasteiger partial charge in [-0.05, 0) is 58.5 Å². The molecule has 0 aromatic rings. The van der Waals surface area contributed by atoms with Gasteiger partial charge in [0, 0.05) is 5.54 Å². The van der Waals surface area contributed by atoms with Crippen LogP contribution in [0.4, 0.5) is 0 Å². The minimum Gasteiger partial charge on any atom is -0.298 e. The number of hydrogen-bond donors (Lipinski definition) is 0. The summed E-state index contributed by atoms with van der Waals surface area (Å²) in [5.41, 5.74) is 0.473. The lowest BCUT2D eigenvalue weighted by Crippen LogP contribution is -2.51. The van der Waals surface area contributed by atoms with E-state index in [4.69, 9.17) is 0 Å². The molecule has 2 fully saturated rings. The fourth-order valence-electron chi connectivity index (χ4n) is 3.54. The van der Waals surface area contributed by atoms with E-state index in [9.17, 15) is 0 Å². The molecule has 1 heteroatoms. The van der Waals surface area contributed by atoms with Crippen molar-refractivity contribution in [3.63, 3.8) is 0 Å². The summed E-state index contributed by atoms with van der Waals surface area (Å²) >= 11 is 0. The van der Waals surface area contributed by atoms with Gasteiger partial charge >= 0.3 is 0 Å². The van der Waals surface area contributed by atoms with Gasteiger partial charge in [0.15, 0.2) is 0 Å². The average Bonchev–Trinajstić information content (AvgIpc) is 2.31. The summed E-state index contributed by atoms with van der Waals surface area (Å²) in [6.07, 6.45) is 11.7. The van der Waals surface area contributed by atoms with Crippen LogP contribution >= 0.6 is 0 Å². The fraction of sp³-hybridized carbons (Fsp3) is 1.00. The number of likely N-dealkylation sites (tertiary alicyclic amines) is 1. The van der Waals surface area contributed by atoms with E-state index in [1.165, 1.54) is 64.5 Å². The van der Waals surface area contributed by atoms with Gasteiger partial charge in [-0.2, -0.15) is 0 Å². The predicted octanol–water partition coefficient (Wildman–Crippen LogP) is 3.83. The predicted molar refractivity (Wildman–Crippen MR) is 66.1 cm³/mol. The Morgan fingerprint density at radius 3 is 1.93 bits per heavy atom. The molecule has 1 heterocycles. The summed E-state index contributed by atoms with van der Waals surface area (Å²) in [6.45, 7) is 7.69. The molecule has 2 aliphatic rings. The highest BCUT2D eigenvalue weighted by Gasteiger charge is 2.36. The number of piperidine rings is 1. The van der Waals surface area contributed by atoms with E-state index in [2.05, 4.69) is 18.7 Å². The van der Waals surface area contributed by atoms with E-state index in [-0.39, 0.29) is 0 Å². The molecule has 0 amide bonds. The van der Waals surface area contributed by atoms with Crippen LogP contribution < -0.4 is 0 Å². The topological polar surface area (TPSA) is 3.24 Å². The SMILES string of the molecule is CC(C)(C1CCCCC1)N1CCCCC1. The maximum atomic E-state index is 2.77. The number of rotatable bonds is 2. The fourth-order valence-corrected chi connectivity index (χ4v) is 3.54. The zero-order chi connectivity index (χ0) is 10.7. The third kappa shape index (κ3) is 2.55. The van der Waals surface area contributed by atoms with Gasteiger partial charge in [-0.1, -0.05) is 25.7 Å². The first-order valence-electron chi connectivity index (χ1n) is 6.96. The molecule has 88 valence electrons. The van der Waals surface area contributed by atoms with E-state index in [0.29, 0.717) is 5.54 Å². The van der Waals surface area contributed by atoms with Crippen LogP contribution in [0.1, 0.15) is 65.2 Å². The van der Waals surface area contributed by atoms with Gasteiger partial charge in [-0.15, -0.1) is 0 Å². The van der Waals surface area contributed by atoms with Crippen LogP contribution in [0.15, 0.2) is 0 Å². The molecule has 0 spiro atoms. The highest BCUT2D eigenvalue weighted by atomic mass is 15.2. The first-order chi connectivity index (χ1) is 7.21. The van der Waals surface area contributed by atoms with E-state index in [1.54, 1.807) is 0 Å². The normalized spacial score (nSPS) is 26.8. The third-order valence-corrected chi connectivity index (χ3v) is 4.78. The van der Waals surface area contributed by atoms with Crippen LogP contribution in [-0.4, -0.2) is 23.5 Å². The van der Waals surface area contributed by atoms with Gasteiger partial charge in [0.1, 0.15) is 0 Å². The number of nitrogens with zero attached hydrogens (tertiary/aromatic N) is 1. The first kappa shape index (κ1) is 11.4. The van der Waals surface area contributed by atoms with Crippen LogP contribution in [0.2, 0.25) is 0 Å². The van der Waals surface area contributed by atoms with Crippen molar-refractivity contribution >= 4 is 0 Å². The smallest absolute Gasteiger partial charge is 0.0181 e. The molecule has 1 aliphatic heterocycles. The quantitative estimate of drug-likeness (QED) is 0.668. The van der Waals surface area contributed by atoms with Crippen LogP contribution in [0, 0.1) is 5.92 Å². The van der Waals surface area contributed by atoms with Gasteiger partial charge < -0.3 is 0 Å². The summed E-state index contributed by atoms with van der Waals surface area (Å²) in [4.78, 5) is 2.77. The molecule has 0 atom stereocenters. The Hall–Kier alpha value is -0.0400. The Labute approximate surface area is 95.2 Å². The molecule has 0 aromatic carbocycles. The molecular formula is C14H27N. The van der Waals surface area contributed by atoms with Crippen molar-refractivity contribution in [1.82, 2.24) is 4.90 Å². The van der Waals surface area contributed by atoms with Crippen molar-refractivity contribution in [3.8, 4) is 0 Å². The van der Waals surface area contributed by atoms with Crippen LogP contribution in [0.25, 0.3) is 0 Å². The van der Waals surface area contributed by atoms with E-state index >= 15 is 0 Å². The van der Waals surface area contributed by atoms with Crippen LogP contribution in [0.3, 0.4) is 0 Å². The Morgan fingerprint density at radius 2 is 1.33 bits per heavy atom. The maximum Gasteiger partial charge on any atom is 0.0181 e. The van der Waals surface area contributed by atoms with Crippen molar-refractivity contribution < 1.29 is 0 Å². The largest absolute Gasteiger partial charge is 0.298 e. The highest BCUT2D eigenvalue weighted by molar-refractivity contribution is 4.91. The first-order valence-corrected chi connectivity index (χ1v) is 6.96. The third-order valence-electron chi connectivity index (χ3n) is 4.78. The van der Waals surface area contributed by atoms with E-state index in [1.807, 2.05) is 0 Å². The van der Waals surface area contributed by atoms with Gasteiger partial charge in [0.2, 0.25) is 0 Å². The molecular weight excluding hydrogens is 182 g/mol. The Kier molecular flexibility index (Phi) is 3.71. The van der Waals surface area contributed by atoms with Crippen molar-refractivity contribution in [1.29, 1.82) is 0 Å². The molecule has 1 saturated carbocycles. The molecule has 0 unspecified atom stereocenters. The summed E-state index contributed by atoms with van der Waals surface area (Å²) in [7, 11) is 0. The Balaban J connectivity index is 1.96. The summed E-state index contributed by atoms with van der Waals surface area (Å²) < 4.78 is 0. The minimum atomic E-state index is 0.473. The minimum absolute atomic E-state index is 0.473. The lowest BCUT2D eigenvalue weighted by molar-refractivity contribution is 0.0290. The molecule has 0 bridgehead atoms. The lowest BCUT2D eigenvalue weighted by Gasteiger charge is -2.47. The lowest BCUT2D eigenvalue weighted by atomic mass is 9.75. The van der Waals surface area contributed by atoms with Crippen molar-refractivity contribution in [2.45, 2.75) is 70.8 Å². The molecule has 0 radical (unpaired) electrons. The van der Waals surface area contributed by atoms with Gasteiger partial charge in [0.25, 0.3) is 0 Å². The number of hydrogen-bond acceptors (Lipinski definition) is 1. The van der Waals surface area contributed by atoms with Gasteiger partial charge in [-0.3, -0.25) is 4.90 Å². The van der Waals surface area contributed by atoms with Gasteiger partial charge in [-0.25, -0.2) is 0 Å². The standard InChI is InChI=1S/C14H27N/c1-14(2,13-9-5-3-6-10-13)15-11-7-4-8-12-15/h13H,3-12H2,1-2H3. The molecule has 1 saturated heterocycles. The van der Waals surface area contributed by atoms with Crippen molar-refractivity contribution in [2.24, 2.45) is 5.92 Å².